The minimum atomic E-state index is -4.64. The molecule has 1 aromatic carbocycles. The Morgan fingerprint density at radius 2 is 1.80 bits per heavy atom. The number of methoxy groups -OCH3 is 1. The Hall–Kier alpha value is -2.89. The monoisotopic (exact) mass is 574 g/mol. The number of anilines is 1. The van der Waals surface area contributed by atoms with E-state index in [0.29, 0.717) is 23.9 Å². The van der Waals surface area contributed by atoms with Gasteiger partial charge in [0.05, 0.1) is 19.3 Å². The SMILES string of the molecule is COc1ccc(C)nc1N1CC2(CC(c3nnc4n3-c3ccc(Cl)cc3CN(C3CC(O)(C(F)(F)F)C3)C4)C2)C1. The first kappa shape index (κ1) is 26.0. The van der Waals surface area contributed by atoms with Gasteiger partial charge in [0, 0.05) is 60.6 Å². The third-order valence-corrected chi connectivity index (χ3v) is 9.46. The average Bonchev–Trinajstić information content (AvgIpc) is 3.15. The van der Waals surface area contributed by atoms with E-state index in [9.17, 15) is 18.3 Å². The summed E-state index contributed by atoms with van der Waals surface area (Å²) in [7, 11) is 1.66. The van der Waals surface area contributed by atoms with E-state index in [1.165, 1.54) is 0 Å². The Morgan fingerprint density at radius 3 is 2.50 bits per heavy atom. The van der Waals surface area contributed by atoms with Crippen molar-refractivity contribution >= 4 is 17.4 Å². The molecule has 1 saturated heterocycles. The predicted molar refractivity (Wildman–Crippen MR) is 142 cm³/mol. The maximum absolute atomic E-state index is 13.3. The molecule has 212 valence electrons. The van der Waals surface area contributed by atoms with Crippen molar-refractivity contribution in [2.45, 2.75) is 69.4 Å². The number of hydrogen-bond donors (Lipinski definition) is 1. The Morgan fingerprint density at radius 1 is 1.05 bits per heavy atom. The lowest BCUT2D eigenvalue weighted by atomic mass is 9.57. The minimum Gasteiger partial charge on any atom is -0.493 e. The molecule has 0 unspecified atom stereocenters. The van der Waals surface area contributed by atoms with Gasteiger partial charge in [0.1, 0.15) is 5.82 Å². The van der Waals surface area contributed by atoms with Gasteiger partial charge in [-0.1, -0.05) is 11.6 Å². The number of rotatable bonds is 4. The molecule has 2 aromatic heterocycles. The molecule has 0 amide bonds. The molecule has 3 aromatic rings. The molecule has 7 rings (SSSR count). The van der Waals surface area contributed by atoms with Crippen molar-refractivity contribution in [2.75, 3.05) is 25.1 Å². The zero-order valence-electron chi connectivity index (χ0n) is 22.2. The van der Waals surface area contributed by atoms with Crippen molar-refractivity contribution in [3.05, 3.63) is 58.3 Å². The summed E-state index contributed by atoms with van der Waals surface area (Å²) in [5.74, 6) is 3.47. The predicted octanol–water partition coefficient (Wildman–Crippen LogP) is 4.79. The number of fused-ring (bicyclic) bond motifs is 3. The highest BCUT2D eigenvalue weighted by Gasteiger charge is 2.62. The number of pyridine rings is 1. The molecule has 40 heavy (non-hydrogen) atoms. The Labute approximate surface area is 234 Å². The number of aromatic nitrogens is 4. The largest absolute Gasteiger partial charge is 0.493 e. The van der Waals surface area contributed by atoms with Gasteiger partial charge < -0.3 is 14.7 Å². The lowest BCUT2D eigenvalue weighted by molar-refractivity contribution is -0.300. The molecule has 2 saturated carbocycles. The highest BCUT2D eigenvalue weighted by atomic mass is 35.5. The number of benzene rings is 1. The standard InChI is InChI=1S/C28H30ClF3N6O2/c1-16-3-6-22(40-2)25(33-16)37-14-26(15-37)8-18(9-26)24-35-34-23-13-36(20-10-27(39,11-20)28(30,31)32)12-17-7-19(29)4-5-21(17)38(23)24/h3-7,18,20,39H,8-15H2,1-2H3. The fourth-order valence-electron chi connectivity index (χ4n) is 7.04. The van der Waals surface area contributed by atoms with E-state index in [-0.39, 0.29) is 24.2 Å². The Balaban J connectivity index is 1.11. The van der Waals surface area contributed by atoms with Crippen molar-refractivity contribution in [3.8, 4) is 11.4 Å². The van der Waals surface area contributed by atoms with Crippen LogP contribution in [-0.2, 0) is 13.1 Å². The van der Waals surface area contributed by atoms with Gasteiger partial charge >= 0.3 is 6.18 Å². The highest BCUT2D eigenvalue weighted by molar-refractivity contribution is 6.30. The number of ether oxygens (including phenoxy) is 1. The quantitative estimate of drug-likeness (QED) is 0.480. The Kier molecular flexibility index (Phi) is 5.73. The van der Waals surface area contributed by atoms with Crippen LogP contribution in [0.25, 0.3) is 5.69 Å². The molecular weight excluding hydrogens is 545 g/mol. The number of hydrogen-bond acceptors (Lipinski definition) is 7. The zero-order chi connectivity index (χ0) is 28.0. The van der Waals surface area contributed by atoms with Crippen LogP contribution in [0.1, 0.15) is 54.5 Å². The van der Waals surface area contributed by atoms with Crippen LogP contribution in [-0.4, -0.2) is 67.8 Å². The average molecular weight is 575 g/mol. The molecule has 8 nitrogen and oxygen atoms in total. The molecule has 1 spiro atoms. The van der Waals surface area contributed by atoms with Gasteiger partial charge in [-0.05, 0) is 55.7 Å². The summed E-state index contributed by atoms with van der Waals surface area (Å²) < 4.78 is 47.6. The zero-order valence-corrected chi connectivity index (χ0v) is 23.0. The first-order valence-electron chi connectivity index (χ1n) is 13.5. The van der Waals surface area contributed by atoms with E-state index in [1.807, 2.05) is 42.2 Å². The molecule has 2 aliphatic heterocycles. The van der Waals surface area contributed by atoms with Gasteiger partial charge in [0.2, 0.25) is 0 Å². The molecule has 0 atom stereocenters. The summed E-state index contributed by atoms with van der Waals surface area (Å²) in [5, 5.41) is 19.8. The normalized spacial score (nSPS) is 25.9. The number of alkyl halides is 3. The summed E-state index contributed by atoms with van der Waals surface area (Å²) in [6.45, 7) is 4.55. The van der Waals surface area contributed by atoms with Crippen LogP contribution in [0.3, 0.4) is 0 Å². The summed E-state index contributed by atoms with van der Waals surface area (Å²) in [4.78, 5) is 8.92. The van der Waals surface area contributed by atoms with Crippen LogP contribution in [0, 0.1) is 12.3 Å². The van der Waals surface area contributed by atoms with E-state index >= 15 is 0 Å². The summed E-state index contributed by atoms with van der Waals surface area (Å²) >= 11 is 6.34. The van der Waals surface area contributed by atoms with Gasteiger partial charge in [0.25, 0.3) is 0 Å². The van der Waals surface area contributed by atoms with Gasteiger partial charge in [-0.3, -0.25) is 9.47 Å². The highest BCUT2D eigenvalue weighted by Crippen LogP contribution is 2.57. The van der Waals surface area contributed by atoms with Crippen LogP contribution < -0.4 is 9.64 Å². The van der Waals surface area contributed by atoms with Crippen molar-refractivity contribution in [3.63, 3.8) is 0 Å². The van der Waals surface area contributed by atoms with Gasteiger partial charge in [0.15, 0.2) is 23.0 Å². The molecule has 0 radical (unpaired) electrons. The van der Waals surface area contributed by atoms with Crippen molar-refractivity contribution in [1.82, 2.24) is 24.6 Å². The maximum atomic E-state index is 13.3. The van der Waals surface area contributed by atoms with Crippen LogP contribution in [0.2, 0.25) is 5.02 Å². The van der Waals surface area contributed by atoms with Gasteiger partial charge in [-0.2, -0.15) is 13.2 Å². The van der Waals surface area contributed by atoms with Gasteiger partial charge in [-0.25, -0.2) is 4.98 Å². The molecule has 0 bridgehead atoms. The molecule has 4 aliphatic rings. The van der Waals surface area contributed by atoms with E-state index in [4.69, 9.17) is 21.3 Å². The van der Waals surface area contributed by atoms with Crippen molar-refractivity contribution < 1.29 is 23.0 Å². The van der Waals surface area contributed by atoms with Crippen LogP contribution in [0.5, 0.6) is 5.75 Å². The number of aryl methyl sites for hydroxylation is 1. The smallest absolute Gasteiger partial charge is 0.417 e. The van der Waals surface area contributed by atoms with E-state index in [0.717, 1.165) is 60.3 Å². The number of nitrogens with zero attached hydrogens (tertiary/aromatic N) is 6. The lowest BCUT2D eigenvalue weighted by Gasteiger charge is -2.59. The topological polar surface area (TPSA) is 79.5 Å². The fraction of sp³-hybridized carbons (Fsp3) is 0.536. The minimum absolute atomic E-state index is 0.196. The summed E-state index contributed by atoms with van der Waals surface area (Å²) in [6.07, 6.45) is -3.39. The van der Waals surface area contributed by atoms with E-state index in [2.05, 4.69) is 19.7 Å². The van der Waals surface area contributed by atoms with Crippen molar-refractivity contribution in [2.24, 2.45) is 5.41 Å². The molecule has 12 heteroatoms. The lowest BCUT2D eigenvalue weighted by Crippen LogP contribution is -2.62. The first-order chi connectivity index (χ1) is 19.0. The summed E-state index contributed by atoms with van der Waals surface area (Å²) in [5.41, 5.74) is 0.344. The molecule has 1 N–H and O–H groups in total. The fourth-order valence-corrected chi connectivity index (χ4v) is 7.23. The molecular formula is C28H30ClF3N6O2. The molecule has 3 fully saturated rings. The first-order valence-corrected chi connectivity index (χ1v) is 13.9. The third kappa shape index (κ3) is 4.00. The van der Waals surface area contributed by atoms with Crippen molar-refractivity contribution in [1.29, 1.82) is 0 Å². The summed E-state index contributed by atoms with van der Waals surface area (Å²) in [6, 6.07) is 9.12. The maximum Gasteiger partial charge on any atom is 0.417 e. The molecule has 2 aliphatic carbocycles. The molecule has 4 heterocycles. The second-order valence-electron chi connectivity index (χ2n) is 12.0. The van der Waals surface area contributed by atoms with Crippen LogP contribution in [0.4, 0.5) is 19.0 Å². The second kappa shape index (κ2) is 8.80. The van der Waals surface area contributed by atoms with E-state index in [1.54, 1.807) is 7.11 Å². The third-order valence-electron chi connectivity index (χ3n) is 9.22. The van der Waals surface area contributed by atoms with Crippen LogP contribution in [0.15, 0.2) is 30.3 Å². The van der Waals surface area contributed by atoms with Crippen LogP contribution >= 0.6 is 11.6 Å². The Bertz CT molecular complexity index is 1470. The van der Waals surface area contributed by atoms with E-state index < -0.39 is 17.8 Å². The second-order valence-corrected chi connectivity index (χ2v) is 12.5. The van der Waals surface area contributed by atoms with Gasteiger partial charge in [-0.15, -0.1) is 10.2 Å². The number of aliphatic hydroxyl groups is 1. The number of halogens is 4.